The lowest BCUT2D eigenvalue weighted by molar-refractivity contribution is -0.892. The van der Waals surface area contributed by atoms with Crippen LogP contribution in [0.5, 0.6) is 5.75 Å². The zero-order chi connectivity index (χ0) is 20.1. The number of carbonyl (C=O) groups is 1. The Morgan fingerprint density at radius 3 is 2.45 bits per heavy atom. The molecule has 5 nitrogen and oxygen atoms in total. The molecule has 0 unspecified atom stereocenters. The zero-order valence-corrected chi connectivity index (χ0v) is 17.1. The Balaban J connectivity index is 1.35. The van der Waals surface area contributed by atoms with Crippen molar-refractivity contribution in [1.29, 1.82) is 0 Å². The van der Waals surface area contributed by atoms with Gasteiger partial charge in [-0.15, -0.1) is 11.3 Å². The first-order valence-corrected chi connectivity index (χ1v) is 10.8. The van der Waals surface area contributed by atoms with Crippen LogP contribution in [0.2, 0.25) is 0 Å². The van der Waals surface area contributed by atoms with Gasteiger partial charge in [0.05, 0.1) is 37.9 Å². The van der Waals surface area contributed by atoms with E-state index in [4.69, 9.17) is 0 Å². The summed E-state index contributed by atoms with van der Waals surface area (Å²) < 4.78 is 0. The number of amides is 1. The van der Waals surface area contributed by atoms with E-state index in [1.807, 2.05) is 47.8 Å². The lowest BCUT2D eigenvalue weighted by Crippen LogP contribution is -3.16. The topological polar surface area (TPSA) is 57.0 Å². The average Bonchev–Trinajstić information content (AvgIpc) is 3.28. The standard InChI is InChI=1S/C23H25N3O2S/c27-20-10-5-4-9-19(20)26-14-12-25(13-15-26)17-22(28)24-23(21-11-6-16-29-21)18-7-2-1-3-8-18/h1-11,16,23,27H,12-15,17H2,(H,24,28)/p+1/t23-/m1/s1. The fourth-order valence-electron chi connectivity index (χ4n) is 3.83. The molecule has 3 N–H and O–H groups in total. The number of piperazine rings is 1. The fraction of sp³-hybridized carbons (Fsp3) is 0.261. The van der Waals surface area contributed by atoms with E-state index >= 15 is 0 Å². The van der Waals surface area contributed by atoms with Gasteiger partial charge in [-0.3, -0.25) is 4.79 Å². The third-order valence-electron chi connectivity index (χ3n) is 5.37. The maximum Gasteiger partial charge on any atom is 0.275 e. The first kappa shape index (κ1) is 19.5. The minimum atomic E-state index is -0.106. The van der Waals surface area contributed by atoms with Gasteiger partial charge >= 0.3 is 0 Å². The van der Waals surface area contributed by atoms with E-state index in [1.165, 1.54) is 4.90 Å². The number of hydrogen-bond acceptors (Lipinski definition) is 4. The summed E-state index contributed by atoms with van der Waals surface area (Å²) >= 11 is 1.66. The molecule has 4 rings (SSSR count). The van der Waals surface area contributed by atoms with Crippen LogP contribution in [0.25, 0.3) is 0 Å². The molecule has 0 bridgehead atoms. The molecule has 1 aliphatic heterocycles. The molecule has 3 aromatic rings. The highest BCUT2D eigenvalue weighted by atomic mass is 32.1. The maximum absolute atomic E-state index is 12.8. The zero-order valence-electron chi connectivity index (χ0n) is 16.3. The van der Waals surface area contributed by atoms with Crippen molar-refractivity contribution in [3.8, 4) is 5.75 Å². The number of rotatable bonds is 6. The van der Waals surface area contributed by atoms with E-state index in [9.17, 15) is 9.90 Å². The summed E-state index contributed by atoms with van der Waals surface area (Å²) in [5.41, 5.74) is 1.97. The number of nitrogens with one attached hydrogen (secondary N) is 2. The van der Waals surface area contributed by atoms with Crippen LogP contribution in [0.3, 0.4) is 0 Å². The molecule has 0 radical (unpaired) electrons. The molecular formula is C23H26N3O2S+. The minimum Gasteiger partial charge on any atom is -0.506 e. The molecule has 1 aliphatic rings. The van der Waals surface area contributed by atoms with Gasteiger partial charge in [-0.05, 0) is 29.1 Å². The number of anilines is 1. The van der Waals surface area contributed by atoms with Crippen molar-refractivity contribution in [3.63, 3.8) is 0 Å². The summed E-state index contributed by atoms with van der Waals surface area (Å²) in [5.74, 6) is 0.383. The summed E-state index contributed by atoms with van der Waals surface area (Å²) in [6.07, 6.45) is 0. The third kappa shape index (κ3) is 4.78. The fourth-order valence-corrected chi connectivity index (χ4v) is 4.63. The Morgan fingerprint density at radius 1 is 1.03 bits per heavy atom. The van der Waals surface area contributed by atoms with Crippen molar-refractivity contribution < 1.29 is 14.8 Å². The Morgan fingerprint density at radius 2 is 1.76 bits per heavy atom. The molecule has 29 heavy (non-hydrogen) atoms. The molecule has 6 heteroatoms. The van der Waals surface area contributed by atoms with Crippen LogP contribution in [0.15, 0.2) is 72.1 Å². The van der Waals surface area contributed by atoms with Crippen molar-refractivity contribution >= 4 is 22.9 Å². The number of para-hydroxylation sites is 2. The van der Waals surface area contributed by atoms with Gasteiger partial charge in [-0.1, -0.05) is 48.5 Å². The van der Waals surface area contributed by atoms with Crippen LogP contribution in [-0.2, 0) is 4.79 Å². The normalized spacial score (nSPS) is 15.8. The molecule has 1 saturated heterocycles. The Labute approximate surface area is 175 Å². The SMILES string of the molecule is O=C(C[NH+]1CCN(c2ccccc2O)CC1)N[C@H](c1ccccc1)c1cccs1. The lowest BCUT2D eigenvalue weighted by atomic mass is 10.1. The molecule has 2 aromatic carbocycles. The highest BCUT2D eigenvalue weighted by Gasteiger charge is 2.25. The van der Waals surface area contributed by atoms with E-state index in [0.717, 1.165) is 42.3 Å². The largest absolute Gasteiger partial charge is 0.506 e. The predicted octanol–water partition coefficient (Wildman–Crippen LogP) is 2.06. The Hall–Kier alpha value is -2.83. The summed E-state index contributed by atoms with van der Waals surface area (Å²) in [7, 11) is 0. The highest BCUT2D eigenvalue weighted by molar-refractivity contribution is 7.10. The Kier molecular flexibility index (Phi) is 6.12. The highest BCUT2D eigenvalue weighted by Crippen LogP contribution is 2.26. The molecule has 0 saturated carbocycles. The maximum atomic E-state index is 12.8. The molecule has 2 heterocycles. The molecular weight excluding hydrogens is 382 g/mol. The van der Waals surface area contributed by atoms with Gasteiger partial charge in [0.15, 0.2) is 6.54 Å². The van der Waals surface area contributed by atoms with Crippen molar-refractivity contribution in [3.05, 3.63) is 82.6 Å². The quantitative estimate of drug-likeness (QED) is 0.585. The number of carbonyl (C=O) groups excluding carboxylic acids is 1. The average molecular weight is 409 g/mol. The van der Waals surface area contributed by atoms with Gasteiger partial charge in [-0.25, -0.2) is 0 Å². The number of phenols is 1. The lowest BCUT2D eigenvalue weighted by Gasteiger charge is -2.33. The molecule has 0 spiro atoms. The first-order valence-electron chi connectivity index (χ1n) is 9.95. The summed E-state index contributed by atoms with van der Waals surface area (Å²) in [4.78, 5) is 17.4. The van der Waals surface area contributed by atoms with Gasteiger partial charge in [0.25, 0.3) is 5.91 Å². The number of quaternary nitrogens is 1. The third-order valence-corrected chi connectivity index (χ3v) is 6.31. The number of nitrogens with zero attached hydrogens (tertiary/aromatic N) is 1. The summed E-state index contributed by atoms with van der Waals surface area (Å²) in [6.45, 7) is 3.86. The van der Waals surface area contributed by atoms with Gasteiger partial charge < -0.3 is 20.2 Å². The van der Waals surface area contributed by atoms with Crippen LogP contribution < -0.4 is 15.1 Å². The number of hydrogen-bond donors (Lipinski definition) is 3. The van der Waals surface area contributed by atoms with E-state index < -0.39 is 0 Å². The molecule has 1 fully saturated rings. The van der Waals surface area contributed by atoms with Gasteiger partial charge in [-0.2, -0.15) is 0 Å². The van der Waals surface area contributed by atoms with Crippen LogP contribution >= 0.6 is 11.3 Å². The molecule has 1 atom stereocenters. The van der Waals surface area contributed by atoms with Gasteiger partial charge in [0.2, 0.25) is 0 Å². The molecule has 0 aliphatic carbocycles. The number of benzene rings is 2. The summed E-state index contributed by atoms with van der Waals surface area (Å²) in [5, 5.41) is 15.3. The van der Waals surface area contributed by atoms with Crippen LogP contribution in [-0.4, -0.2) is 43.7 Å². The van der Waals surface area contributed by atoms with Gasteiger partial charge in [0, 0.05) is 4.88 Å². The van der Waals surface area contributed by atoms with Crippen LogP contribution in [0.1, 0.15) is 16.5 Å². The van der Waals surface area contributed by atoms with Crippen molar-refractivity contribution in [2.45, 2.75) is 6.04 Å². The number of phenolic OH excluding ortho intramolecular Hbond substituents is 1. The van der Waals surface area contributed by atoms with E-state index in [1.54, 1.807) is 17.4 Å². The molecule has 1 amide bonds. The first-order chi connectivity index (χ1) is 14.2. The van der Waals surface area contributed by atoms with E-state index in [0.29, 0.717) is 12.3 Å². The molecule has 1 aromatic heterocycles. The van der Waals surface area contributed by atoms with Gasteiger partial charge in [0.1, 0.15) is 5.75 Å². The van der Waals surface area contributed by atoms with E-state index in [-0.39, 0.29) is 11.9 Å². The predicted molar refractivity (Wildman–Crippen MR) is 117 cm³/mol. The van der Waals surface area contributed by atoms with Crippen molar-refractivity contribution in [2.75, 3.05) is 37.6 Å². The van der Waals surface area contributed by atoms with E-state index in [2.05, 4.69) is 28.4 Å². The van der Waals surface area contributed by atoms with Crippen LogP contribution in [0, 0.1) is 0 Å². The number of aromatic hydroxyl groups is 1. The van der Waals surface area contributed by atoms with Crippen molar-refractivity contribution in [1.82, 2.24) is 5.32 Å². The molecule has 150 valence electrons. The Bertz CT molecular complexity index is 922. The second-order valence-electron chi connectivity index (χ2n) is 7.33. The summed E-state index contributed by atoms with van der Waals surface area (Å²) in [6, 6.07) is 21.5. The number of thiophene rings is 1. The minimum absolute atomic E-state index is 0.0678. The van der Waals surface area contributed by atoms with Crippen molar-refractivity contribution in [2.24, 2.45) is 0 Å². The second kappa shape index (κ2) is 9.11. The second-order valence-corrected chi connectivity index (χ2v) is 8.31. The smallest absolute Gasteiger partial charge is 0.275 e. The monoisotopic (exact) mass is 408 g/mol. The van der Waals surface area contributed by atoms with Crippen LogP contribution in [0.4, 0.5) is 5.69 Å².